The van der Waals surface area contributed by atoms with Gasteiger partial charge in [-0.3, -0.25) is 4.79 Å². The van der Waals surface area contributed by atoms with E-state index in [2.05, 4.69) is 5.32 Å². The molecule has 0 spiro atoms. The second-order valence-corrected chi connectivity index (χ2v) is 4.63. The highest BCUT2D eigenvalue weighted by molar-refractivity contribution is 5.99. The first-order chi connectivity index (χ1) is 8.16. The number of rotatable bonds is 3. The largest absolute Gasteiger partial charge is 0.508 e. The van der Waals surface area contributed by atoms with E-state index in [-0.39, 0.29) is 11.7 Å². The second-order valence-electron chi connectivity index (χ2n) is 4.63. The molecular formula is C13H18N2O2. The fourth-order valence-electron chi connectivity index (χ4n) is 2.29. The quantitative estimate of drug-likeness (QED) is 0.552. The van der Waals surface area contributed by atoms with Crippen LogP contribution in [0.15, 0.2) is 18.2 Å². The van der Waals surface area contributed by atoms with Crippen molar-refractivity contribution in [3.8, 4) is 5.75 Å². The minimum Gasteiger partial charge on any atom is -0.508 e. The zero-order valence-electron chi connectivity index (χ0n) is 9.78. The molecule has 92 valence electrons. The van der Waals surface area contributed by atoms with E-state index in [0.29, 0.717) is 23.7 Å². The van der Waals surface area contributed by atoms with E-state index in [4.69, 9.17) is 5.73 Å². The van der Waals surface area contributed by atoms with Crippen molar-refractivity contribution < 1.29 is 9.90 Å². The van der Waals surface area contributed by atoms with Gasteiger partial charge in [0.15, 0.2) is 0 Å². The van der Waals surface area contributed by atoms with Crippen molar-refractivity contribution in [2.24, 2.45) is 5.92 Å². The van der Waals surface area contributed by atoms with Gasteiger partial charge < -0.3 is 16.2 Å². The zero-order chi connectivity index (χ0) is 12.3. The molecule has 0 aromatic heterocycles. The molecule has 2 rings (SSSR count). The summed E-state index contributed by atoms with van der Waals surface area (Å²) in [4.78, 5) is 11.9. The lowest BCUT2D eigenvalue weighted by Gasteiger charge is -2.11. The van der Waals surface area contributed by atoms with Gasteiger partial charge in [0.2, 0.25) is 0 Å². The fourth-order valence-corrected chi connectivity index (χ4v) is 2.29. The third-order valence-electron chi connectivity index (χ3n) is 3.31. The molecule has 4 N–H and O–H groups in total. The van der Waals surface area contributed by atoms with E-state index >= 15 is 0 Å². The molecule has 4 heteroatoms. The predicted molar refractivity (Wildman–Crippen MR) is 66.8 cm³/mol. The first kappa shape index (κ1) is 11.8. The topological polar surface area (TPSA) is 75.3 Å². The number of hydrogen-bond donors (Lipinski definition) is 3. The SMILES string of the molecule is Nc1ccc(O)cc1C(=O)NCC1CCCC1. The molecule has 0 aliphatic heterocycles. The third-order valence-corrected chi connectivity index (χ3v) is 3.31. The Kier molecular flexibility index (Phi) is 3.52. The number of amides is 1. The maximum absolute atomic E-state index is 11.9. The lowest BCUT2D eigenvalue weighted by atomic mass is 10.1. The van der Waals surface area contributed by atoms with Gasteiger partial charge in [0.05, 0.1) is 5.56 Å². The van der Waals surface area contributed by atoms with Gasteiger partial charge in [0.1, 0.15) is 5.75 Å². The number of nitrogens with two attached hydrogens (primary N) is 1. The van der Waals surface area contributed by atoms with Crippen molar-refractivity contribution in [2.45, 2.75) is 25.7 Å². The summed E-state index contributed by atoms with van der Waals surface area (Å²) in [5.41, 5.74) is 6.45. The summed E-state index contributed by atoms with van der Waals surface area (Å²) < 4.78 is 0. The van der Waals surface area contributed by atoms with Crippen LogP contribution in [-0.2, 0) is 0 Å². The van der Waals surface area contributed by atoms with E-state index in [1.54, 1.807) is 6.07 Å². The number of phenolic OH excluding ortho intramolecular Hbond substituents is 1. The smallest absolute Gasteiger partial charge is 0.253 e. The molecule has 4 nitrogen and oxygen atoms in total. The Labute approximate surface area is 101 Å². The summed E-state index contributed by atoms with van der Waals surface area (Å²) in [5.74, 6) is 0.452. The van der Waals surface area contributed by atoms with Crippen LogP contribution in [0.5, 0.6) is 5.75 Å². The minimum absolute atomic E-state index is 0.0604. The average Bonchev–Trinajstić information content (AvgIpc) is 2.82. The van der Waals surface area contributed by atoms with E-state index in [0.717, 1.165) is 0 Å². The minimum atomic E-state index is -0.203. The average molecular weight is 234 g/mol. The first-order valence-electron chi connectivity index (χ1n) is 6.03. The van der Waals surface area contributed by atoms with Gasteiger partial charge in [-0.1, -0.05) is 12.8 Å². The molecule has 1 aliphatic rings. The predicted octanol–water partition coefficient (Wildman–Crippen LogP) is 1.89. The molecule has 0 heterocycles. The number of aromatic hydroxyl groups is 1. The van der Waals surface area contributed by atoms with Crippen LogP contribution in [-0.4, -0.2) is 17.6 Å². The standard InChI is InChI=1S/C13H18N2O2/c14-12-6-5-10(16)7-11(12)13(17)15-8-9-3-1-2-4-9/h5-7,9,16H,1-4,8,14H2,(H,15,17). The molecule has 1 amide bonds. The molecule has 0 unspecified atom stereocenters. The third kappa shape index (κ3) is 2.90. The van der Waals surface area contributed by atoms with Crippen LogP contribution in [0.1, 0.15) is 36.0 Å². The number of benzene rings is 1. The summed E-state index contributed by atoms with van der Waals surface area (Å²) >= 11 is 0. The Bertz CT molecular complexity index is 412. The van der Waals surface area contributed by atoms with Gasteiger partial charge in [-0.05, 0) is 37.0 Å². The number of nitrogens with one attached hydrogen (secondary N) is 1. The highest BCUT2D eigenvalue weighted by atomic mass is 16.3. The first-order valence-corrected chi connectivity index (χ1v) is 6.03. The number of carbonyl (C=O) groups excluding carboxylic acids is 1. The Hall–Kier alpha value is -1.71. The molecule has 0 atom stereocenters. The molecule has 1 aromatic carbocycles. The van der Waals surface area contributed by atoms with E-state index < -0.39 is 0 Å². The number of nitrogen functional groups attached to an aromatic ring is 1. The molecule has 0 saturated heterocycles. The van der Waals surface area contributed by atoms with Crippen LogP contribution in [0.2, 0.25) is 0 Å². The van der Waals surface area contributed by atoms with E-state index in [1.807, 2.05) is 0 Å². The normalized spacial score (nSPS) is 16.0. The molecule has 1 fully saturated rings. The lowest BCUT2D eigenvalue weighted by molar-refractivity contribution is 0.0948. The van der Waals surface area contributed by atoms with Crippen LogP contribution in [0.25, 0.3) is 0 Å². The summed E-state index contributed by atoms with van der Waals surface area (Å²) in [5, 5.41) is 12.2. The van der Waals surface area contributed by atoms with Crippen LogP contribution in [0.4, 0.5) is 5.69 Å². The summed E-state index contributed by atoms with van der Waals surface area (Å²) in [6.45, 7) is 0.702. The Balaban J connectivity index is 1.96. The maximum Gasteiger partial charge on any atom is 0.253 e. The van der Waals surface area contributed by atoms with E-state index in [9.17, 15) is 9.90 Å². The van der Waals surface area contributed by atoms with Crippen molar-refractivity contribution in [1.82, 2.24) is 5.32 Å². The van der Waals surface area contributed by atoms with Gasteiger partial charge >= 0.3 is 0 Å². The lowest BCUT2D eigenvalue weighted by Crippen LogP contribution is -2.28. The van der Waals surface area contributed by atoms with Gasteiger partial charge in [-0.15, -0.1) is 0 Å². The molecule has 1 saturated carbocycles. The Morgan fingerprint density at radius 1 is 1.41 bits per heavy atom. The number of anilines is 1. The molecule has 0 bridgehead atoms. The van der Waals surface area contributed by atoms with Gasteiger partial charge in [0.25, 0.3) is 5.91 Å². The second kappa shape index (κ2) is 5.08. The Morgan fingerprint density at radius 3 is 2.82 bits per heavy atom. The maximum atomic E-state index is 11.9. The van der Waals surface area contributed by atoms with Crippen LogP contribution in [0, 0.1) is 5.92 Å². The van der Waals surface area contributed by atoms with Crippen LogP contribution < -0.4 is 11.1 Å². The van der Waals surface area contributed by atoms with Crippen molar-refractivity contribution in [3.63, 3.8) is 0 Å². The number of carbonyl (C=O) groups is 1. The zero-order valence-corrected chi connectivity index (χ0v) is 9.78. The van der Waals surface area contributed by atoms with Crippen LogP contribution in [0.3, 0.4) is 0 Å². The molecular weight excluding hydrogens is 216 g/mol. The van der Waals surface area contributed by atoms with E-state index in [1.165, 1.54) is 37.8 Å². The molecule has 1 aliphatic carbocycles. The Morgan fingerprint density at radius 2 is 2.12 bits per heavy atom. The fraction of sp³-hybridized carbons (Fsp3) is 0.462. The number of hydrogen-bond acceptors (Lipinski definition) is 3. The van der Waals surface area contributed by atoms with Crippen molar-refractivity contribution in [3.05, 3.63) is 23.8 Å². The van der Waals surface area contributed by atoms with Crippen molar-refractivity contribution >= 4 is 11.6 Å². The van der Waals surface area contributed by atoms with Crippen molar-refractivity contribution in [2.75, 3.05) is 12.3 Å². The van der Waals surface area contributed by atoms with Crippen LogP contribution >= 0.6 is 0 Å². The summed E-state index contributed by atoms with van der Waals surface area (Å²) in [6, 6.07) is 4.42. The van der Waals surface area contributed by atoms with Gasteiger partial charge in [-0.2, -0.15) is 0 Å². The molecule has 0 radical (unpaired) electrons. The highest BCUT2D eigenvalue weighted by Crippen LogP contribution is 2.24. The monoisotopic (exact) mass is 234 g/mol. The van der Waals surface area contributed by atoms with Gasteiger partial charge in [0, 0.05) is 12.2 Å². The summed E-state index contributed by atoms with van der Waals surface area (Å²) in [6.07, 6.45) is 4.90. The summed E-state index contributed by atoms with van der Waals surface area (Å²) in [7, 11) is 0. The van der Waals surface area contributed by atoms with Gasteiger partial charge in [-0.25, -0.2) is 0 Å². The molecule has 17 heavy (non-hydrogen) atoms. The molecule has 1 aromatic rings. The van der Waals surface area contributed by atoms with Crippen molar-refractivity contribution in [1.29, 1.82) is 0 Å². The number of phenols is 1. The highest BCUT2D eigenvalue weighted by Gasteiger charge is 2.17.